The fourth-order valence-corrected chi connectivity index (χ4v) is 5.07. The van der Waals surface area contributed by atoms with Crippen LogP contribution in [0, 0.1) is 17.1 Å². The van der Waals surface area contributed by atoms with Crippen LogP contribution in [0.4, 0.5) is 15.8 Å². The van der Waals surface area contributed by atoms with Gasteiger partial charge in [0.05, 0.1) is 5.56 Å². The standard InChI is InChI=1S/C31H36FN5O.C2H6/c1-3-5-16-35(15-4-2)27-10-12-28(13-11-27)37-18-14-24(31(38)36-17-6-7-26(34)22-36)20-30(37)23-8-9-25(21-33)29(32)19-23;1-2/h8-13,19-20,22,34H,3-7,14-18H2,1-2H3;1-2H3/p+1. The molecule has 2 aromatic rings. The molecule has 0 unspecified atom stereocenters. The van der Waals surface area contributed by atoms with Crippen molar-refractivity contribution in [3.05, 3.63) is 83.0 Å². The molecule has 2 aromatic carbocycles. The van der Waals surface area contributed by atoms with E-state index in [1.165, 1.54) is 17.8 Å². The predicted molar refractivity (Wildman–Crippen MR) is 161 cm³/mol. The van der Waals surface area contributed by atoms with Gasteiger partial charge in [-0.15, -0.1) is 0 Å². The summed E-state index contributed by atoms with van der Waals surface area (Å²) in [4.78, 5) is 17.5. The molecule has 0 atom stereocenters. The molecule has 0 saturated carbocycles. The largest absolute Gasteiger partial charge is 0.401 e. The third-order valence-electron chi connectivity index (χ3n) is 7.12. The molecule has 7 heteroatoms. The molecule has 0 aliphatic carbocycles. The van der Waals surface area contributed by atoms with E-state index in [1.807, 2.05) is 26.0 Å². The van der Waals surface area contributed by atoms with Gasteiger partial charge in [-0.2, -0.15) is 9.84 Å². The quantitative estimate of drug-likeness (QED) is 0.360. The number of nitrogens with two attached hydrogens (primary N) is 1. The van der Waals surface area contributed by atoms with Crippen molar-refractivity contribution in [1.29, 1.82) is 5.26 Å². The number of hydrogen-bond donors (Lipinski definition) is 1. The first-order chi connectivity index (χ1) is 19.4. The van der Waals surface area contributed by atoms with E-state index in [0.29, 0.717) is 36.3 Å². The molecule has 2 aliphatic heterocycles. The summed E-state index contributed by atoms with van der Waals surface area (Å²) in [5, 5.41) is 9.20. The Balaban J connectivity index is 0.00000216. The number of nitrogens with zero attached hydrogens (tertiary/aromatic N) is 4. The summed E-state index contributed by atoms with van der Waals surface area (Å²) in [6.07, 6.45) is 9.18. The minimum Gasteiger partial charge on any atom is -0.401 e. The molecule has 40 heavy (non-hydrogen) atoms. The van der Waals surface area contributed by atoms with E-state index >= 15 is 0 Å². The molecule has 0 bridgehead atoms. The highest BCUT2D eigenvalue weighted by atomic mass is 19.1. The van der Waals surface area contributed by atoms with Crippen molar-refractivity contribution in [1.82, 2.24) is 4.90 Å². The highest BCUT2D eigenvalue weighted by Gasteiger charge is 2.29. The Labute approximate surface area is 238 Å². The van der Waals surface area contributed by atoms with Gasteiger partial charge in [-0.3, -0.25) is 4.79 Å². The number of halogens is 1. The lowest BCUT2D eigenvalue weighted by molar-refractivity contribution is -0.440. The Bertz CT molecular complexity index is 1300. The Kier molecular flexibility index (Phi) is 11.5. The van der Waals surface area contributed by atoms with Gasteiger partial charge in [0.2, 0.25) is 11.4 Å². The molecule has 0 spiro atoms. The average Bonchev–Trinajstić information content (AvgIpc) is 2.99. The minimum atomic E-state index is -0.572. The van der Waals surface area contributed by atoms with Crippen LogP contribution in [0.15, 0.2) is 66.0 Å². The number of carbonyl (C=O) groups excluding carboxylic acids is 1. The number of hydrogen-bond acceptors (Lipinski definition) is 4. The van der Waals surface area contributed by atoms with Gasteiger partial charge in [0.25, 0.3) is 5.91 Å². The lowest BCUT2D eigenvalue weighted by Crippen LogP contribution is -2.35. The van der Waals surface area contributed by atoms with Crippen LogP contribution in [-0.4, -0.2) is 47.3 Å². The van der Waals surface area contributed by atoms with Crippen molar-refractivity contribution in [2.24, 2.45) is 5.73 Å². The molecular formula is C33H43FN5O+. The van der Waals surface area contributed by atoms with Crippen LogP contribution in [0.25, 0.3) is 0 Å². The number of benzene rings is 2. The number of amides is 1. The number of rotatable bonds is 9. The maximum Gasteiger partial charge on any atom is 0.254 e. The molecule has 2 heterocycles. The van der Waals surface area contributed by atoms with Crippen LogP contribution in [0.3, 0.4) is 0 Å². The highest BCUT2D eigenvalue weighted by molar-refractivity contribution is 6.11. The average molecular weight is 545 g/mol. The van der Waals surface area contributed by atoms with Crippen molar-refractivity contribution < 1.29 is 13.8 Å². The molecule has 0 saturated heterocycles. The van der Waals surface area contributed by atoms with E-state index in [-0.39, 0.29) is 11.5 Å². The van der Waals surface area contributed by atoms with Crippen molar-refractivity contribution in [2.45, 2.75) is 66.2 Å². The van der Waals surface area contributed by atoms with Gasteiger partial charge < -0.3 is 15.5 Å². The molecule has 2 aliphatic rings. The van der Waals surface area contributed by atoms with E-state index < -0.39 is 5.82 Å². The number of carbonyl (C=O) groups is 1. The van der Waals surface area contributed by atoms with Crippen molar-refractivity contribution in [3.63, 3.8) is 0 Å². The molecule has 4 rings (SSSR count). The number of allylic oxidation sites excluding steroid dienone is 2. The summed E-state index contributed by atoms with van der Waals surface area (Å²) in [5.74, 6) is -0.641. The SMILES string of the molecule is CC.CCCCN(CCC)c1ccc([N+]2=C(c3ccc(C#N)c(F)c3)C=C(C(=O)N3C=C(N)CCC3)CC2)cc1. The summed E-state index contributed by atoms with van der Waals surface area (Å²) < 4.78 is 16.8. The maximum atomic E-state index is 14.7. The fourth-order valence-electron chi connectivity index (χ4n) is 5.07. The van der Waals surface area contributed by atoms with Gasteiger partial charge in [0.1, 0.15) is 11.9 Å². The van der Waals surface area contributed by atoms with Crippen molar-refractivity contribution in [2.75, 3.05) is 31.1 Å². The van der Waals surface area contributed by atoms with E-state index in [4.69, 9.17) is 5.73 Å². The highest BCUT2D eigenvalue weighted by Crippen LogP contribution is 2.27. The van der Waals surface area contributed by atoms with Crippen molar-refractivity contribution >= 4 is 23.0 Å². The molecule has 6 nitrogen and oxygen atoms in total. The van der Waals surface area contributed by atoms with Crippen LogP contribution in [0.2, 0.25) is 0 Å². The molecule has 0 fully saturated rings. The summed E-state index contributed by atoms with van der Waals surface area (Å²) in [7, 11) is 0. The van der Waals surface area contributed by atoms with Gasteiger partial charge in [0.15, 0.2) is 6.54 Å². The van der Waals surface area contributed by atoms with Gasteiger partial charge in [-0.1, -0.05) is 34.1 Å². The predicted octanol–water partition coefficient (Wildman–Crippen LogP) is 6.63. The second-order valence-electron chi connectivity index (χ2n) is 9.93. The second kappa shape index (κ2) is 15.0. The topological polar surface area (TPSA) is 76.4 Å². The molecule has 0 aromatic heterocycles. The summed E-state index contributed by atoms with van der Waals surface area (Å²) in [5.41, 5.74) is 10.9. The van der Waals surface area contributed by atoms with Gasteiger partial charge >= 0.3 is 0 Å². The zero-order valence-electron chi connectivity index (χ0n) is 24.4. The van der Waals surface area contributed by atoms with E-state index in [2.05, 4.69) is 47.6 Å². The molecular weight excluding hydrogens is 501 g/mol. The summed E-state index contributed by atoms with van der Waals surface area (Å²) >= 11 is 0. The Morgan fingerprint density at radius 3 is 2.48 bits per heavy atom. The smallest absolute Gasteiger partial charge is 0.254 e. The Morgan fingerprint density at radius 2 is 1.85 bits per heavy atom. The fraction of sp³-hybridized carbons (Fsp3) is 0.424. The minimum absolute atomic E-state index is 0.00151. The Hall–Kier alpha value is -3.92. The van der Waals surface area contributed by atoms with Crippen molar-refractivity contribution in [3.8, 4) is 6.07 Å². The van der Waals surface area contributed by atoms with Crippen LogP contribution in [0.5, 0.6) is 0 Å². The first-order valence-electron chi connectivity index (χ1n) is 14.6. The lowest BCUT2D eigenvalue weighted by atomic mass is 9.98. The van der Waals surface area contributed by atoms with Crippen LogP contribution in [-0.2, 0) is 4.79 Å². The molecule has 212 valence electrons. The van der Waals surface area contributed by atoms with E-state index in [0.717, 1.165) is 56.6 Å². The zero-order valence-corrected chi connectivity index (χ0v) is 24.4. The molecule has 2 N–H and O–H groups in total. The maximum absolute atomic E-state index is 14.7. The molecule has 1 amide bonds. The molecule has 0 radical (unpaired) electrons. The van der Waals surface area contributed by atoms with Crippen LogP contribution >= 0.6 is 0 Å². The third kappa shape index (κ3) is 7.38. The van der Waals surface area contributed by atoms with Gasteiger partial charge in [-0.25, -0.2) is 4.39 Å². The summed E-state index contributed by atoms with van der Waals surface area (Å²) in [6.45, 7) is 11.6. The monoisotopic (exact) mass is 544 g/mol. The van der Waals surface area contributed by atoms with E-state index in [1.54, 1.807) is 17.2 Å². The first-order valence-corrected chi connectivity index (χ1v) is 14.6. The second-order valence-corrected chi connectivity index (χ2v) is 9.93. The third-order valence-corrected chi connectivity index (χ3v) is 7.12. The normalized spacial score (nSPS) is 14.9. The van der Waals surface area contributed by atoms with Gasteiger partial charge in [-0.05, 0) is 56.0 Å². The number of nitriles is 1. The van der Waals surface area contributed by atoms with Gasteiger partial charge in [0, 0.05) is 73.0 Å². The van der Waals surface area contributed by atoms with E-state index in [9.17, 15) is 14.4 Å². The van der Waals surface area contributed by atoms with Crippen LogP contribution < -0.4 is 10.6 Å². The lowest BCUT2D eigenvalue weighted by Gasteiger charge is -2.26. The summed E-state index contributed by atoms with van der Waals surface area (Å²) in [6, 6.07) is 15.0. The first kappa shape index (κ1) is 30.6. The zero-order chi connectivity index (χ0) is 29.1. The van der Waals surface area contributed by atoms with Crippen LogP contribution in [0.1, 0.15) is 77.3 Å². The number of unbranched alkanes of at least 4 members (excludes halogenated alkanes) is 1. The number of anilines is 1. The Morgan fingerprint density at radius 1 is 1.10 bits per heavy atom.